The molecule has 7 heteroatoms. The summed E-state index contributed by atoms with van der Waals surface area (Å²) in [6, 6.07) is 10.1. The summed E-state index contributed by atoms with van der Waals surface area (Å²) < 4.78 is 5.55. The molecule has 0 radical (unpaired) electrons. The van der Waals surface area contributed by atoms with Crippen molar-refractivity contribution in [3.63, 3.8) is 0 Å². The highest BCUT2D eigenvalue weighted by Crippen LogP contribution is 2.39. The summed E-state index contributed by atoms with van der Waals surface area (Å²) in [7, 11) is 0. The van der Waals surface area contributed by atoms with Crippen LogP contribution in [0, 0.1) is 0 Å². The lowest BCUT2D eigenvalue weighted by Crippen LogP contribution is -2.41. The van der Waals surface area contributed by atoms with Gasteiger partial charge in [-0.25, -0.2) is 4.79 Å². The number of morpholine rings is 1. The highest BCUT2D eigenvalue weighted by Gasteiger charge is 2.29. The molecule has 3 rings (SSSR count). The van der Waals surface area contributed by atoms with Gasteiger partial charge in [-0.3, -0.25) is 4.79 Å². The Kier molecular flexibility index (Phi) is 6.39. The van der Waals surface area contributed by atoms with Gasteiger partial charge in [-0.1, -0.05) is 43.7 Å². The fraction of sp³-hybridized carbons (Fsp3) is 0.364. The van der Waals surface area contributed by atoms with Crippen molar-refractivity contribution in [3.8, 4) is 11.5 Å². The van der Waals surface area contributed by atoms with E-state index in [1.165, 1.54) is 17.0 Å². The molecule has 3 N–H and O–H groups in total. The zero-order chi connectivity index (χ0) is 21.0. The van der Waals surface area contributed by atoms with E-state index in [4.69, 9.17) is 9.84 Å². The van der Waals surface area contributed by atoms with Crippen molar-refractivity contribution >= 4 is 11.9 Å². The number of aromatic hydroxyl groups is 2. The number of hydrogen-bond donors (Lipinski definition) is 3. The van der Waals surface area contributed by atoms with Gasteiger partial charge in [0.2, 0.25) is 0 Å². The molecule has 1 fully saturated rings. The molecule has 1 unspecified atom stereocenters. The number of carbonyl (C=O) groups excluding carboxylic acids is 1. The Labute approximate surface area is 169 Å². The first-order valence-corrected chi connectivity index (χ1v) is 9.70. The number of phenols is 2. The van der Waals surface area contributed by atoms with Gasteiger partial charge >= 0.3 is 6.09 Å². The van der Waals surface area contributed by atoms with Crippen LogP contribution in [0.1, 0.15) is 52.9 Å². The van der Waals surface area contributed by atoms with Crippen LogP contribution in [0.4, 0.5) is 4.79 Å². The van der Waals surface area contributed by atoms with Crippen molar-refractivity contribution in [3.05, 3.63) is 58.7 Å². The van der Waals surface area contributed by atoms with Gasteiger partial charge in [0.1, 0.15) is 6.10 Å². The number of carbonyl (C=O) groups is 2. The van der Waals surface area contributed by atoms with Crippen molar-refractivity contribution in [2.75, 3.05) is 19.7 Å². The Morgan fingerprint density at radius 1 is 1.10 bits per heavy atom. The zero-order valence-electron chi connectivity index (χ0n) is 16.3. The number of rotatable bonds is 6. The number of hydrogen-bond acceptors (Lipinski definition) is 5. The van der Waals surface area contributed by atoms with E-state index in [9.17, 15) is 19.8 Å². The van der Waals surface area contributed by atoms with Crippen LogP contribution in [0.25, 0.3) is 0 Å². The summed E-state index contributed by atoms with van der Waals surface area (Å²) in [5.41, 5.74) is 1.79. The second-order valence-electron chi connectivity index (χ2n) is 7.12. The molecule has 1 heterocycles. The molecule has 154 valence electrons. The molecule has 2 aromatic rings. The Balaban J connectivity index is 1.81. The van der Waals surface area contributed by atoms with Gasteiger partial charge in [-0.15, -0.1) is 0 Å². The maximum atomic E-state index is 12.8. The number of amides is 1. The van der Waals surface area contributed by atoms with Gasteiger partial charge < -0.3 is 25.0 Å². The van der Waals surface area contributed by atoms with Crippen LogP contribution in [0.5, 0.6) is 11.5 Å². The monoisotopic (exact) mass is 399 g/mol. The molecule has 0 saturated carbocycles. The number of unbranched alkanes of at least 4 members (excludes halogenated alkanes) is 1. The molecule has 1 saturated heterocycles. The van der Waals surface area contributed by atoms with Gasteiger partial charge in [0.25, 0.3) is 0 Å². The van der Waals surface area contributed by atoms with E-state index in [-0.39, 0.29) is 30.8 Å². The Morgan fingerprint density at radius 2 is 1.83 bits per heavy atom. The van der Waals surface area contributed by atoms with Gasteiger partial charge in [0.15, 0.2) is 17.3 Å². The van der Waals surface area contributed by atoms with E-state index in [2.05, 4.69) is 6.92 Å². The van der Waals surface area contributed by atoms with Crippen LogP contribution in [0.2, 0.25) is 0 Å². The number of ketones is 1. The predicted molar refractivity (Wildman–Crippen MR) is 107 cm³/mol. The van der Waals surface area contributed by atoms with Crippen molar-refractivity contribution in [2.24, 2.45) is 0 Å². The summed E-state index contributed by atoms with van der Waals surface area (Å²) in [6.07, 6.45) is 1.32. The second-order valence-corrected chi connectivity index (χ2v) is 7.12. The standard InChI is InChI=1S/C22H25NO6/c1-2-3-4-14-5-7-15(8-6-14)19(24)17-10-9-16(20(25)21(17)26)18-13-23(22(27)28)11-12-29-18/h5-10,18,25-26H,2-4,11-13H2,1H3,(H,27,28). The normalized spacial score (nSPS) is 16.6. The summed E-state index contributed by atoms with van der Waals surface area (Å²) in [5.74, 6) is -1.39. The molecule has 7 nitrogen and oxygen atoms in total. The molecular formula is C22H25NO6. The van der Waals surface area contributed by atoms with Crippen molar-refractivity contribution < 1.29 is 29.6 Å². The lowest BCUT2D eigenvalue weighted by molar-refractivity contribution is -0.0242. The fourth-order valence-corrected chi connectivity index (χ4v) is 3.41. The summed E-state index contributed by atoms with van der Waals surface area (Å²) in [6.45, 7) is 2.58. The van der Waals surface area contributed by atoms with E-state index in [0.29, 0.717) is 5.56 Å². The third-order valence-corrected chi connectivity index (χ3v) is 5.15. The maximum absolute atomic E-state index is 12.8. The van der Waals surface area contributed by atoms with Crippen LogP contribution >= 0.6 is 0 Å². The summed E-state index contributed by atoms with van der Waals surface area (Å²) in [4.78, 5) is 25.1. The minimum Gasteiger partial charge on any atom is -0.504 e. The molecule has 29 heavy (non-hydrogen) atoms. The average molecular weight is 399 g/mol. The largest absolute Gasteiger partial charge is 0.504 e. The third kappa shape index (κ3) is 4.51. The Morgan fingerprint density at radius 3 is 2.48 bits per heavy atom. The Bertz CT molecular complexity index is 893. The number of benzene rings is 2. The second kappa shape index (κ2) is 8.96. The molecular weight excluding hydrogens is 374 g/mol. The molecule has 0 aliphatic carbocycles. The number of ether oxygens (including phenoxy) is 1. The molecule has 2 aromatic carbocycles. The first-order valence-electron chi connectivity index (χ1n) is 9.70. The molecule has 1 amide bonds. The number of phenolic OH excluding ortho intramolecular Hbond substituents is 2. The number of aryl methyl sites for hydroxylation is 1. The lowest BCUT2D eigenvalue weighted by Gasteiger charge is -2.31. The molecule has 0 aromatic heterocycles. The average Bonchev–Trinajstić information content (AvgIpc) is 2.74. The molecule has 1 aliphatic heterocycles. The smallest absolute Gasteiger partial charge is 0.407 e. The topological polar surface area (TPSA) is 107 Å². The SMILES string of the molecule is CCCCc1ccc(C(=O)c2ccc(C3CN(C(=O)O)CCO3)c(O)c2O)cc1. The van der Waals surface area contributed by atoms with Crippen LogP contribution < -0.4 is 0 Å². The number of carboxylic acid groups (broad SMARTS) is 1. The van der Waals surface area contributed by atoms with Crippen molar-refractivity contribution in [1.82, 2.24) is 4.90 Å². The van der Waals surface area contributed by atoms with Crippen LogP contribution in [0.15, 0.2) is 36.4 Å². The van der Waals surface area contributed by atoms with E-state index >= 15 is 0 Å². The van der Waals surface area contributed by atoms with Gasteiger partial charge in [0.05, 0.1) is 18.7 Å². The van der Waals surface area contributed by atoms with Crippen LogP contribution in [0.3, 0.4) is 0 Å². The molecule has 0 bridgehead atoms. The van der Waals surface area contributed by atoms with E-state index in [1.54, 1.807) is 12.1 Å². The zero-order valence-corrected chi connectivity index (χ0v) is 16.3. The molecule has 1 aliphatic rings. The summed E-state index contributed by atoms with van der Waals surface area (Å²) >= 11 is 0. The predicted octanol–water partition coefficient (Wildman–Crippen LogP) is 3.72. The highest BCUT2D eigenvalue weighted by molar-refractivity contribution is 6.11. The van der Waals surface area contributed by atoms with Gasteiger partial charge in [0, 0.05) is 17.7 Å². The van der Waals surface area contributed by atoms with Gasteiger partial charge in [-0.2, -0.15) is 0 Å². The van der Waals surface area contributed by atoms with E-state index in [0.717, 1.165) is 24.8 Å². The van der Waals surface area contributed by atoms with Crippen LogP contribution in [-0.2, 0) is 11.2 Å². The van der Waals surface area contributed by atoms with E-state index < -0.39 is 29.5 Å². The van der Waals surface area contributed by atoms with Crippen molar-refractivity contribution in [2.45, 2.75) is 32.3 Å². The molecule has 1 atom stereocenters. The van der Waals surface area contributed by atoms with Crippen LogP contribution in [-0.4, -0.2) is 51.8 Å². The number of nitrogens with zero attached hydrogens (tertiary/aromatic N) is 1. The highest BCUT2D eigenvalue weighted by atomic mass is 16.5. The quantitative estimate of drug-likeness (QED) is 0.505. The Hall–Kier alpha value is -3.06. The lowest BCUT2D eigenvalue weighted by atomic mass is 9.96. The maximum Gasteiger partial charge on any atom is 0.407 e. The minimum atomic E-state index is -1.07. The molecule has 0 spiro atoms. The fourth-order valence-electron chi connectivity index (χ4n) is 3.41. The third-order valence-electron chi connectivity index (χ3n) is 5.15. The van der Waals surface area contributed by atoms with Gasteiger partial charge in [-0.05, 0) is 24.5 Å². The first-order chi connectivity index (χ1) is 13.9. The summed E-state index contributed by atoms with van der Waals surface area (Å²) in [5, 5.41) is 30.0. The van der Waals surface area contributed by atoms with Crippen molar-refractivity contribution in [1.29, 1.82) is 0 Å². The minimum absolute atomic E-state index is 0.0153. The van der Waals surface area contributed by atoms with E-state index in [1.807, 2.05) is 12.1 Å². The first kappa shape index (κ1) is 20.7.